The van der Waals surface area contributed by atoms with Crippen LogP contribution in [0.25, 0.3) is 0 Å². The number of aromatic amines is 1. The summed E-state index contributed by atoms with van der Waals surface area (Å²) in [6.45, 7) is 0.762. The van der Waals surface area contributed by atoms with Gasteiger partial charge in [-0.1, -0.05) is 5.16 Å². The third kappa shape index (κ3) is 5.57. The highest BCUT2D eigenvalue weighted by atomic mass is 32.2. The number of carboxylic acid groups (broad SMARTS) is 1. The highest BCUT2D eigenvalue weighted by molar-refractivity contribution is 7.87. The standard InChI is InChI=1S/C12H19N7O6S/c1-6(20)10(12(21)22)19-26(23,24)16-4-9-17-11(18-25-9)8(13)2-7-3-14-5-15-7/h3,5-6,8,10,16,19-20H,2,4,13H2,1H3,(H,14,15)(H,21,22)/t6?,8-,10-/m0/s1. The van der Waals surface area contributed by atoms with Crippen LogP contribution in [0.2, 0.25) is 0 Å². The molecule has 26 heavy (non-hydrogen) atoms. The molecule has 0 aliphatic heterocycles. The van der Waals surface area contributed by atoms with Crippen LogP contribution in [-0.2, 0) is 28.0 Å². The van der Waals surface area contributed by atoms with Gasteiger partial charge in [-0.15, -0.1) is 0 Å². The van der Waals surface area contributed by atoms with Crippen molar-refractivity contribution in [3.63, 3.8) is 0 Å². The highest BCUT2D eigenvalue weighted by Gasteiger charge is 2.28. The van der Waals surface area contributed by atoms with E-state index in [1.54, 1.807) is 6.20 Å². The number of imidazole rings is 1. The van der Waals surface area contributed by atoms with Gasteiger partial charge in [0.15, 0.2) is 5.82 Å². The molecule has 0 saturated carbocycles. The Hall–Kier alpha value is -2.39. The van der Waals surface area contributed by atoms with Crippen LogP contribution in [-0.4, -0.2) is 56.9 Å². The number of H-pyrrole nitrogens is 1. The number of hydrogen-bond donors (Lipinski definition) is 6. The van der Waals surface area contributed by atoms with E-state index < -0.39 is 34.4 Å². The number of aliphatic hydroxyl groups is 1. The van der Waals surface area contributed by atoms with E-state index in [-0.39, 0.29) is 18.3 Å². The van der Waals surface area contributed by atoms with Crippen LogP contribution >= 0.6 is 0 Å². The van der Waals surface area contributed by atoms with Crippen LogP contribution in [0, 0.1) is 0 Å². The van der Waals surface area contributed by atoms with Gasteiger partial charge in [-0.05, 0) is 6.92 Å². The topological polar surface area (TPSA) is 209 Å². The van der Waals surface area contributed by atoms with E-state index in [0.29, 0.717) is 6.42 Å². The second kappa shape index (κ2) is 8.33. The third-order valence-corrected chi connectivity index (χ3v) is 4.34. The van der Waals surface area contributed by atoms with E-state index >= 15 is 0 Å². The molecule has 144 valence electrons. The maximum absolute atomic E-state index is 11.9. The maximum Gasteiger partial charge on any atom is 0.324 e. The average molecular weight is 389 g/mol. The van der Waals surface area contributed by atoms with E-state index in [0.717, 1.165) is 12.6 Å². The van der Waals surface area contributed by atoms with E-state index in [1.165, 1.54) is 6.33 Å². The summed E-state index contributed by atoms with van der Waals surface area (Å²) in [4.78, 5) is 21.7. The number of aliphatic carboxylic acids is 1. The molecule has 0 fully saturated rings. The van der Waals surface area contributed by atoms with Gasteiger partial charge >= 0.3 is 5.97 Å². The second-order valence-electron chi connectivity index (χ2n) is 5.43. The minimum absolute atomic E-state index is 0.0608. The summed E-state index contributed by atoms with van der Waals surface area (Å²) in [6.07, 6.45) is 2.05. The molecule has 0 aliphatic rings. The summed E-state index contributed by atoms with van der Waals surface area (Å²) in [5, 5.41) is 21.9. The zero-order valence-corrected chi connectivity index (χ0v) is 14.5. The molecule has 7 N–H and O–H groups in total. The molecule has 2 heterocycles. The van der Waals surface area contributed by atoms with Gasteiger partial charge in [-0.3, -0.25) is 4.79 Å². The fourth-order valence-electron chi connectivity index (χ4n) is 1.94. The maximum atomic E-state index is 11.9. The van der Waals surface area contributed by atoms with Crippen molar-refractivity contribution in [1.82, 2.24) is 29.6 Å². The van der Waals surface area contributed by atoms with Gasteiger partial charge in [0.25, 0.3) is 10.2 Å². The zero-order valence-electron chi connectivity index (χ0n) is 13.7. The highest BCUT2D eigenvalue weighted by Crippen LogP contribution is 2.11. The molecule has 14 heteroatoms. The van der Waals surface area contributed by atoms with E-state index in [9.17, 15) is 18.3 Å². The molecule has 2 aromatic rings. The van der Waals surface area contributed by atoms with Crippen LogP contribution < -0.4 is 15.2 Å². The molecule has 0 bridgehead atoms. The minimum atomic E-state index is -4.23. The Morgan fingerprint density at radius 3 is 2.81 bits per heavy atom. The quantitative estimate of drug-likeness (QED) is 0.258. The predicted molar refractivity (Wildman–Crippen MR) is 85.5 cm³/mol. The summed E-state index contributed by atoms with van der Waals surface area (Å²) in [5.74, 6) is -1.40. The number of nitrogens with one attached hydrogen (secondary N) is 3. The molecular weight excluding hydrogens is 370 g/mol. The lowest BCUT2D eigenvalue weighted by Gasteiger charge is -2.16. The second-order valence-corrected chi connectivity index (χ2v) is 6.96. The van der Waals surface area contributed by atoms with Gasteiger partial charge < -0.3 is 25.5 Å². The molecule has 0 amide bonds. The van der Waals surface area contributed by atoms with Gasteiger partial charge in [0, 0.05) is 18.3 Å². The number of rotatable bonds is 10. The van der Waals surface area contributed by atoms with Crippen LogP contribution in [0.4, 0.5) is 0 Å². The minimum Gasteiger partial charge on any atom is -0.480 e. The zero-order chi connectivity index (χ0) is 19.3. The number of carbonyl (C=O) groups is 1. The smallest absolute Gasteiger partial charge is 0.324 e. The third-order valence-electron chi connectivity index (χ3n) is 3.25. The van der Waals surface area contributed by atoms with Crippen molar-refractivity contribution in [2.45, 2.75) is 38.1 Å². The molecule has 0 aromatic carbocycles. The Kier molecular flexibility index (Phi) is 6.38. The summed E-state index contributed by atoms with van der Waals surface area (Å²) < 4.78 is 32.5. The lowest BCUT2D eigenvalue weighted by Crippen LogP contribution is -2.51. The first-order valence-electron chi connectivity index (χ1n) is 7.41. The van der Waals surface area contributed by atoms with E-state index in [2.05, 4.69) is 20.1 Å². The Morgan fingerprint density at radius 1 is 1.50 bits per heavy atom. The molecule has 2 aromatic heterocycles. The molecular formula is C12H19N7O6S. The number of nitrogens with two attached hydrogens (primary N) is 1. The van der Waals surface area contributed by atoms with Crippen molar-refractivity contribution in [2.75, 3.05) is 0 Å². The van der Waals surface area contributed by atoms with Crippen molar-refractivity contribution in [1.29, 1.82) is 0 Å². The van der Waals surface area contributed by atoms with Crippen LogP contribution in [0.1, 0.15) is 30.4 Å². The van der Waals surface area contributed by atoms with Crippen molar-refractivity contribution in [2.24, 2.45) is 5.73 Å². The normalized spacial score (nSPS) is 15.5. The fraction of sp³-hybridized carbons (Fsp3) is 0.500. The Bertz CT molecular complexity index is 819. The number of nitrogens with zero attached hydrogens (tertiary/aromatic N) is 3. The monoisotopic (exact) mass is 389 g/mol. The summed E-state index contributed by atoms with van der Waals surface area (Å²) >= 11 is 0. The average Bonchev–Trinajstić information content (AvgIpc) is 3.21. The van der Waals surface area contributed by atoms with Gasteiger partial charge in [0.05, 0.1) is 25.0 Å². The summed E-state index contributed by atoms with van der Waals surface area (Å²) in [7, 11) is -4.23. The molecule has 0 saturated heterocycles. The van der Waals surface area contributed by atoms with Crippen LogP contribution in [0.15, 0.2) is 17.0 Å². The van der Waals surface area contributed by atoms with Gasteiger partial charge in [-0.2, -0.15) is 22.8 Å². The first kappa shape index (κ1) is 19.9. The largest absolute Gasteiger partial charge is 0.480 e. The summed E-state index contributed by atoms with van der Waals surface area (Å²) in [6, 6.07) is -2.29. The first-order valence-corrected chi connectivity index (χ1v) is 8.89. The number of carboxylic acids is 1. The predicted octanol–water partition coefficient (Wildman–Crippen LogP) is -2.21. The van der Waals surface area contributed by atoms with Crippen molar-refractivity contribution >= 4 is 16.2 Å². The molecule has 0 radical (unpaired) electrons. The summed E-state index contributed by atoms with van der Waals surface area (Å²) in [5.41, 5.74) is 6.71. The lowest BCUT2D eigenvalue weighted by molar-refractivity contribution is -0.141. The van der Waals surface area contributed by atoms with Crippen molar-refractivity contribution in [3.05, 3.63) is 29.9 Å². The Balaban J connectivity index is 1.93. The molecule has 13 nitrogen and oxygen atoms in total. The number of hydrogen-bond acceptors (Lipinski definition) is 9. The molecule has 2 rings (SSSR count). The fourth-order valence-corrected chi connectivity index (χ4v) is 2.96. The molecule has 1 unspecified atom stereocenters. The SMILES string of the molecule is CC(O)[C@H](NS(=O)(=O)NCc1nc([C@@H](N)Cc2cnc[nH]2)no1)C(=O)O. The first-order chi connectivity index (χ1) is 12.2. The van der Waals surface area contributed by atoms with Gasteiger partial charge in [0.1, 0.15) is 6.04 Å². The Labute approximate surface area is 148 Å². The van der Waals surface area contributed by atoms with Crippen LogP contribution in [0.3, 0.4) is 0 Å². The van der Waals surface area contributed by atoms with Crippen molar-refractivity contribution in [3.8, 4) is 0 Å². The number of aliphatic hydroxyl groups excluding tert-OH is 1. The van der Waals surface area contributed by atoms with E-state index in [4.69, 9.17) is 15.4 Å². The van der Waals surface area contributed by atoms with Crippen molar-refractivity contribution < 1.29 is 27.9 Å². The molecule has 3 atom stereocenters. The number of aromatic nitrogens is 4. The lowest BCUT2D eigenvalue weighted by atomic mass is 10.2. The Morgan fingerprint density at radius 2 is 2.23 bits per heavy atom. The van der Waals surface area contributed by atoms with Gasteiger partial charge in [-0.25, -0.2) is 4.98 Å². The van der Waals surface area contributed by atoms with E-state index in [1.807, 2.05) is 9.44 Å². The molecule has 0 aliphatic carbocycles. The van der Waals surface area contributed by atoms with Crippen LogP contribution in [0.5, 0.6) is 0 Å². The van der Waals surface area contributed by atoms with Gasteiger partial charge in [0.2, 0.25) is 5.89 Å². The molecule has 0 spiro atoms.